The molecule has 0 saturated heterocycles. The second kappa shape index (κ2) is 11.3. The van der Waals surface area contributed by atoms with E-state index >= 15 is 0 Å². The van der Waals surface area contributed by atoms with Gasteiger partial charge in [0.2, 0.25) is 0 Å². The average molecular weight is 461 g/mol. The summed E-state index contributed by atoms with van der Waals surface area (Å²) in [5, 5.41) is 0. The molecule has 0 N–H and O–H groups in total. The number of aromatic nitrogens is 2. The van der Waals surface area contributed by atoms with Crippen molar-refractivity contribution < 1.29 is 9.53 Å². The number of allylic oxidation sites excluding steroid dienone is 1. The predicted molar refractivity (Wildman–Crippen MR) is 138 cm³/mol. The number of hydrogen-bond donors (Lipinski definition) is 0. The summed E-state index contributed by atoms with van der Waals surface area (Å²) in [4.78, 5) is 20.8. The number of carbonyl (C=O) groups excluding carboxylic acids is 1. The highest BCUT2D eigenvalue weighted by Crippen LogP contribution is 2.59. The van der Waals surface area contributed by atoms with Crippen LogP contribution in [0.5, 0.6) is 5.75 Å². The molecule has 5 rings (SSSR count). The van der Waals surface area contributed by atoms with Crippen LogP contribution in [0.25, 0.3) is 11.4 Å². The minimum absolute atomic E-state index is 0.370. The van der Waals surface area contributed by atoms with E-state index in [0.717, 1.165) is 24.8 Å². The summed E-state index contributed by atoms with van der Waals surface area (Å²) in [7, 11) is 0. The van der Waals surface area contributed by atoms with E-state index in [-0.39, 0.29) is 5.97 Å². The molecule has 3 fully saturated rings. The van der Waals surface area contributed by atoms with E-state index < -0.39 is 0 Å². The van der Waals surface area contributed by atoms with E-state index in [1.54, 1.807) is 12.4 Å². The molecule has 3 saturated carbocycles. The van der Waals surface area contributed by atoms with Crippen LogP contribution in [0.2, 0.25) is 0 Å². The van der Waals surface area contributed by atoms with Gasteiger partial charge in [-0.3, -0.25) is 0 Å². The normalized spacial score (nSPS) is 23.9. The van der Waals surface area contributed by atoms with Crippen LogP contribution in [0.3, 0.4) is 0 Å². The minimum atomic E-state index is -0.384. The topological polar surface area (TPSA) is 52.1 Å². The number of nitrogens with zero attached hydrogens (tertiary/aromatic N) is 2. The van der Waals surface area contributed by atoms with Gasteiger partial charge in [-0.05, 0) is 67.8 Å². The standard InChI is InChI=1S/C30H40N2O2/c1-3-5-7-8-10-27(33)34-26-22-31-28(32-23-26)24-11-13-25(14-12-24)30-19-16-29(17-20-30,18-21-30)15-9-6-4-2/h8,10-14,22-23H,3-7,9,15-21H2,1-2H3. The predicted octanol–water partition coefficient (Wildman–Crippen LogP) is 7.97. The molecule has 2 aromatic rings. The summed E-state index contributed by atoms with van der Waals surface area (Å²) < 4.78 is 5.30. The number of carbonyl (C=O) groups is 1. The number of rotatable bonds is 11. The zero-order valence-corrected chi connectivity index (χ0v) is 21.0. The third-order valence-electron chi connectivity index (χ3n) is 8.29. The molecular weight excluding hydrogens is 420 g/mol. The van der Waals surface area contributed by atoms with Crippen LogP contribution in [0.1, 0.15) is 103 Å². The molecule has 182 valence electrons. The van der Waals surface area contributed by atoms with Gasteiger partial charge in [0.15, 0.2) is 11.6 Å². The summed E-state index contributed by atoms with van der Waals surface area (Å²) in [5.74, 6) is 0.645. The summed E-state index contributed by atoms with van der Waals surface area (Å²) in [5.41, 5.74) is 3.49. The molecule has 1 heterocycles. The van der Waals surface area contributed by atoms with E-state index in [1.165, 1.54) is 75.8 Å². The van der Waals surface area contributed by atoms with Crippen LogP contribution < -0.4 is 4.74 Å². The largest absolute Gasteiger partial charge is 0.420 e. The molecule has 4 heteroatoms. The molecule has 1 aromatic heterocycles. The second-order valence-corrected chi connectivity index (χ2v) is 10.5. The molecule has 3 aliphatic carbocycles. The number of hydrogen-bond acceptors (Lipinski definition) is 4. The van der Waals surface area contributed by atoms with E-state index in [4.69, 9.17) is 4.74 Å². The van der Waals surface area contributed by atoms with Crippen molar-refractivity contribution in [3.63, 3.8) is 0 Å². The van der Waals surface area contributed by atoms with Gasteiger partial charge < -0.3 is 4.74 Å². The Morgan fingerprint density at radius 2 is 1.56 bits per heavy atom. The smallest absolute Gasteiger partial charge is 0.335 e. The van der Waals surface area contributed by atoms with E-state index in [1.807, 2.05) is 6.08 Å². The van der Waals surface area contributed by atoms with Crippen LogP contribution in [0, 0.1) is 5.41 Å². The van der Waals surface area contributed by atoms with E-state index in [9.17, 15) is 4.79 Å². The van der Waals surface area contributed by atoms with Crippen LogP contribution in [0.4, 0.5) is 0 Å². The van der Waals surface area contributed by atoms with Crippen molar-refractivity contribution >= 4 is 5.97 Å². The lowest BCUT2D eigenvalue weighted by Crippen LogP contribution is -2.44. The van der Waals surface area contributed by atoms with Crippen molar-refractivity contribution in [2.24, 2.45) is 5.41 Å². The first-order valence-electron chi connectivity index (χ1n) is 13.4. The Hall–Kier alpha value is -2.49. The molecule has 0 aliphatic heterocycles. The SMILES string of the molecule is CCCCC=CC(=O)Oc1cnc(-c2ccc(C34CCC(CCCCC)(CC3)CC4)cc2)nc1. The maximum Gasteiger partial charge on any atom is 0.335 e. The van der Waals surface area contributed by atoms with E-state index in [2.05, 4.69) is 48.1 Å². The van der Waals surface area contributed by atoms with Crippen molar-refractivity contribution in [1.82, 2.24) is 9.97 Å². The summed E-state index contributed by atoms with van der Waals surface area (Å²) in [6.45, 7) is 4.43. The van der Waals surface area contributed by atoms with Gasteiger partial charge in [0.25, 0.3) is 0 Å². The third-order valence-corrected chi connectivity index (χ3v) is 8.29. The molecule has 0 spiro atoms. The second-order valence-electron chi connectivity index (χ2n) is 10.5. The highest BCUT2D eigenvalue weighted by molar-refractivity contribution is 5.83. The molecule has 0 unspecified atom stereocenters. The van der Waals surface area contributed by atoms with Gasteiger partial charge in [0.05, 0.1) is 12.4 Å². The quantitative estimate of drug-likeness (QED) is 0.194. The number of unbranched alkanes of at least 4 members (excludes halogenated alkanes) is 4. The lowest BCUT2D eigenvalue weighted by atomic mass is 9.51. The minimum Gasteiger partial charge on any atom is -0.420 e. The maximum absolute atomic E-state index is 11.9. The van der Waals surface area contributed by atoms with Crippen LogP contribution in [-0.4, -0.2) is 15.9 Å². The van der Waals surface area contributed by atoms with Crippen LogP contribution in [0.15, 0.2) is 48.8 Å². The monoisotopic (exact) mass is 460 g/mol. The average Bonchev–Trinajstić information content (AvgIpc) is 2.88. The first-order valence-corrected chi connectivity index (χ1v) is 13.4. The Bertz CT molecular complexity index is 938. The number of esters is 1. The van der Waals surface area contributed by atoms with E-state index in [0.29, 0.717) is 22.4 Å². The van der Waals surface area contributed by atoms with Gasteiger partial charge in [0.1, 0.15) is 0 Å². The van der Waals surface area contributed by atoms with Gasteiger partial charge in [-0.1, -0.05) is 76.3 Å². The van der Waals surface area contributed by atoms with Crippen LogP contribution >= 0.6 is 0 Å². The van der Waals surface area contributed by atoms with Crippen LogP contribution in [-0.2, 0) is 10.2 Å². The fourth-order valence-electron chi connectivity index (χ4n) is 5.96. The molecule has 0 amide bonds. The van der Waals surface area contributed by atoms with Crippen molar-refractivity contribution in [2.75, 3.05) is 0 Å². The molecule has 3 aliphatic rings. The zero-order valence-electron chi connectivity index (χ0n) is 21.0. The van der Waals surface area contributed by atoms with Crippen molar-refractivity contribution in [3.8, 4) is 17.1 Å². The zero-order chi connectivity index (χ0) is 23.9. The molecule has 1 aromatic carbocycles. The molecule has 0 atom stereocenters. The van der Waals surface area contributed by atoms with Gasteiger partial charge in [-0.25, -0.2) is 14.8 Å². The summed E-state index contributed by atoms with van der Waals surface area (Å²) in [6, 6.07) is 8.89. The molecule has 4 nitrogen and oxygen atoms in total. The first-order chi connectivity index (χ1) is 16.6. The summed E-state index contributed by atoms with van der Waals surface area (Å²) >= 11 is 0. The summed E-state index contributed by atoms with van der Waals surface area (Å²) in [6.07, 6.45) is 23.3. The third kappa shape index (κ3) is 5.76. The Balaban J connectivity index is 1.34. The number of ether oxygens (including phenoxy) is 1. The molecule has 2 bridgehead atoms. The molecule has 0 radical (unpaired) electrons. The van der Waals surface area contributed by atoms with Crippen molar-refractivity contribution in [3.05, 3.63) is 54.4 Å². The number of benzene rings is 1. The Morgan fingerprint density at radius 1 is 0.912 bits per heavy atom. The maximum atomic E-state index is 11.9. The lowest BCUT2D eigenvalue weighted by Gasteiger charge is -2.54. The lowest BCUT2D eigenvalue weighted by molar-refractivity contribution is -0.129. The Kier molecular flexibility index (Phi) is 8.18. The Morgan fingerprint density at radius 3 is 2.18 bits per heavy atom. The van der Waals surface area contributed by atoms with Gasteiger partial charge >= 0.3 is 5.97 Å². The fraction of sp³-hybridized carbons (Fsp3) is 0.567. The highest BCUT2D eigenvalue weighted by atomic mass is 16.5. The van der Waals surface area contributed by atoms with Crippen molar-refractivity contribution in [1.29, 1.82) is 0 Å². The highest BCUT2D eigenvalue weighted by Gasteiger charge is 2.48. The van der Waals surface area contributed by atoms with Gasteiger partial charge in [-0.15, -0.1) is 0 Å². The van der Waals surface area contributed by atoms with Gasteiger partial charge in [-0.2, -0.15) is 0 Å². The first kappa shape index (κ1) is 24.6. The van der Waals surface area contributed by atoms with Crippen molar-refractivity contribution in [2.45, 2.75) is 103 Å². The Labute approximate surface area is 205 Å². The number of fused-ring (bicyclic) bond motifs is 3. The van der Waals surface area contributed by atoms with Gasteiger partial charge in [0, 0.05) is 11.6 Å². The molecule has 34 heavy (non-hydrogen) atoms. The fourth-order valence-corrected chi connectivity index (χ4v) is 5.96. The molecular formula is C30H40N2O2.